The second kappa shape index (κ2) is 3.77. The first kappa shape index (κ1) is 11.1. The maximum atomic E-state index is 13.1. The molecule has 0 radical (unpaired) electrons. The lowest BCUT2D eigenvalue weighted by Gasteiger charge is -2.39. The summed E-state index contributed by atoms with van der Waals surface area (Å²) in [6, 6.07) is 4.22. The molecule has 92 valence electrons. The Bertz CT molecular complexity index is 438. The summed E-state index contributed by atoms with van der Waals surface area (Å²) in [5.74, 6) is -0.617. The fraction of sp³-hybridized carbons (Fsp3) is 0.571. The highest BCUT2D eigenvalue weighted by molar-refractivity contribution is 5.18. The van der Waals surface area contributed by atoms with Gasteiger partial charge in [-0.25, -0.2) is 8.78 Å². The van der Waals surface area contributed by atoms with Gasteiger partial charge in [0.05, 0.1) is 0 Å². The molecule has 3 aliphatic rings. The minimum atomic E-state index is -0.760. The van der Waals surface area contributed by atoms with Crippen LogP contribution in [0.2, 0.25) is 0 Å². The van der Waals surface area contributed by atoms with E-state index in [1.165, 1.54) is 31.5 Å². The highest BCUT2D eigenvalue weighted by atomic mass is 19.2. The van der Waals surface area contributed by atoms with Crippen LogP contribution in [0.1, 0.15) is 25.3 Å². The summed E-state index contributed by atoms with van der Waals surface area (Å²) in [6.45, 7) is 4.44. The van der Waals surface area contributed by atoms with Gasteiger partial charge in [-0.05, 0) is 49.8 Å². The molecular formula is C14H17F2N. The average Bonchev–Trinajstić information content (AvgIpc) is 2.72. The van der Waals surface area contributed by atoms with Gasteiger partial charge in [0.25, 0.3) is 0 Å². The predicted octanol–water partition coefficient (Wildman–Crippen LogP) is 2.99. The summed E-state index contributed by atoms with van der Waals surface area (Å²) in [5, 5.41) is 0. The normalized spacial score (nSPS) is 31.6. The van der Waals surface area contributed by atoms with E-state index in [2.05, 4.69) is 11.8 Å². The average molecular weight is 237 g/mol. The summed E-state index contributed by atoms with van der Waals surface area (Å²) in [7, 11) is 0. The topological polar surface area (TPSA) is 3.24 Å². The zero-order valence-corrected chi connectivity index (χ0v) is 10.0. The van der Waals surface area contributed by atoms with E-state index in [1.54, 1.807) is 6.07 Å². The molecule has 1 aliphatic carbocycles. The van der Waals surface area contributed by atoms with Gasteiger partial charge in [0, 0.05) is 18.6 Å². The maximum Gasteiger partial charge on any atom is 0.159 e. The van der Waals surface area contributed by atoms with Crippen LogP contribution in [0.15, 0.2) is 18.2 Å². The van der Waals surface area contributed by atoms with Gasteiger partial charge < -0.3 is 0 Å². The Morgan fingerprint density at radius 3 is 2.65 bits per heavy atom. The first-order valence-electron chi connectivity index (χ1n) is 6.26. The van der Waals surface area contributed by atoms with Crippen molar-refractivity contribution in [1.82, 2.24) is 4.90 Å². The number of hydrogen-bond donors (Lipinski definition) is 0. The number of benzene rings is 1. The van der Waals surface area contributed by atoms with Crippen molar-refractivity contribution in [2.24, 2.45) is 5.92 Å². The van der Waals surface area contributed by atoms with E-state index < -0.39 is 11.6 Å². The van der Waals surface area contributed by atoms with Crippen LogP contribution < -0.4 is 0 Å². The number of fused-ring (bicyclic) bond motifs is 1. The second-order valence-electron chi connectivity index (χ2n) is 5.72. The molecule has 4 rings (SSSR count). The number of rotatable bonds is 3. The molecule has 0 N–H and O–H groups in total. The Morgan fingerprint density at radius 2 is 2.06 bits per heavy atom. The molecule has 3 heteroatoms. The van der Waals surface area contributed by atoms with E-state index in [1.807, 2.05) is 0 Å². The van der Waals surface area contributed by atoms with Crippen LogP contribution in [0.4, 0.5) is 8.78 Å². The molecule has 1 saturated carbocycles. The van der Waals surface area contributed by atoms with Crippen molar-refractivity contribution in [2.45, 2.75) is 31.7 Å². The molecule has 0 spiro atoms. The summed E-state index contributed by atoms with van der Waals surface area (Å²) in [4.78, 5) is 2.50. The second-order valence-corrected chi connectivity index (χ2v) is 5.72. The fourth-order valence-corrected chi connectivity index (χ4v) is 3.42. The third kappa shape index (κ3) is 1.86. The van der Waals surface area contributed by atoms with E-state index >= 15 is 0 Å². The molecule has 2 heterocycles. The SMILES string of the molecule is CC12CC(CN1CCc1ccc(F)c(F)c1)C2. The van der Waals surface area contributed by atoms with Gasteiger partial charge in [-0.15, -0.1) is 0 Å². The van der Waals surface area contributed by atoms with Gasteiger partial charge in [0.1, 0.15) is 0 Å². The zero-order chi connectivity index (χ0) is 12.0. The standard InChI is InChI=1S/C14H17F2N/c1-14-7-11(8-14)9-17(14)5-4-10-2-3-12(15)13(16)6-10/h2-3,6,11H,4-5,7-9H2,1H3. The van der Waals surface area contributed by atoms with Crippen molar-refractivity contribution >= 4 is 0 Å². The van der Waals surface area contributed by atoms with Gasteiger partial charge in [0.15, 0.2) is 11.6 Å². The Balaban J connectivity index is 1.62. The molecule has 2 bridgehead atoms. The third-order valence-electron chi connectivity index (χ3n) is 4.35. The van der Waals surface area contributed by atoms with Crippen molar-refractivity contribution in [2.75, 3.05) is 13.1 Å². The van der Waals surface area contributed by atoms with E-state index in [9.17, 15) is 8.78 Å². The van der Waals surface area contributed by atoms with Crippen LogP contribution in [0.25, 0.3) is 0 Å². The molecule has 2 aliphatic heterocycles. The van der Waals surface area contributed by atoms with Gasteiger partial charge >= 0.3 is 0 Å². The Kier molecular flexibility index (Phi) is 2.47. The summed E-state index contributed by atoms with van der Waals surface area (Å²) in [6.07, 6.45) is 3.43. The van der Waals surface area contributed by atoms with Crippen molar-refractivity contribution in [1.29, 1.82) is 0 Å². The van der Waals surface area contributed by atoms with Crippen LogP contribution in [0.5, 0.6) is 0 Å². The largest absolute Gasteiger partial charge is 0.297 e. The summed E-state index contributed by atoms with van der Waals surface area (Å²) < 4.78 is 25.8. The van der Waals surface area contributed by atoms with Crippen LogP contribution in [0.3, 0.4) is 0 Å². The molecule has 1 nitrogen and oxygen atoms in total. The molecule has 0 aromatic heterocycles. The van der Waals surface area contributed by atoms with E-state index in [-0.39, 0.29) is 0 Å². The van der Waals surface area contributed by atoms with Crippen molar-refractivity contribution in [3.63, 3.8) is 0 Å². The molecule has 17 heavy (non-hydrogen) atoms. The minimum Gasteiger partial charge on any atom is -0.297 e. The Morgan fingerprint density at radius 1 is 1.29 bits per heavy atom. The van der Waals surface area contributed by atoms with Crippen LogP contribution in [-0.2, 0) is 6.42 Å². The van der Waals surface area contributed by atoms with E-state index in [4.69, 9.17) is 0 Å². The quantitative estimate of drug-likeness (QED) is 0.781. The molecule has 3 fully saturated rings. The number of nitrogens with zero attached hydrogens (tertiary/aromatic N) is 1. The minimum absolute atomic E-state index is 0.392. The monoisotopic (exact) mass is 237 g/mol. The lowest BCUT2D eigenvalue weighted by molar-refractivity contribution is 0.130. The molecule has 0 amide bonds. The van der Waals surface area contributed by atoms with Gasteiger partial charge in [-0.1, -0.05) is 6.07 Å². The van der Waals surface area contributed by atoms with Gasteiger partial charge in [-0.2, -0.15) is 0 Å². The molecule has 2 saturated heterocycles. The number of halogens is 2. The third-order valence-corrected chi connectivity index (χ3v) is 4.35. The highest BCUT2D eigenvalue weighted by Gasteiger charge is 2.51. The van der Waals surface area contributed by atoms with Crippen LogP contribution in [0, 0.1) is 17.6 Å². The molecule has 1 aromatic carbocycles. The first-order chi connectivity index (χ1) is 8.07. The lowest BCUT2D eigenvalue weighted by atomic mass is 9.75. The van der Waals surface area contributed by atoms with Gasteiger partial charge in [0.2, 0.25) is 0 Å². The molecular weight excluding hydrogens is 220 g/mol. The molecule has 0 unspecified atom stereocenters. The Hall–Kier alpha value is -0.960. The first-order valence-corrected chi connectivity index (χ1v) is 6.26. The van der Waals surface area contributed by atoms with E-state index in [0.717, 1.165) is 24.4 Å². The summed E-state index contributed by atoms with van der Waals surface area (Å²) in [5.41, 5.74) is 1.28. The van der Waals surface area contributed by atoms with Crippen molar-refractivity contribution in [3.05, 3.63) is 35.4 Å². The highest BCUT2D eigenvalue weighted by Crippen LogP contribution is 2.49. The zero-order valence-electron chi connectivity index (χ0n) is 10.0. The van der Waals surface area contributed by atoms with E-state index in [0.29, 0.717) is 5.54 Å². The smallest absolute Gasteiger partial charge is 0.159 e. The Labute approximate surface area is 100 Å². The molecule has 1 aromatic rings. The molecule has 0 atom stereocenters. The number of hydrogen-bond acceptors (Lipinski definition) is 1. The van der Waals surface area contributed by atoms with Crippen molar-refractivity contribution in [3.8, 4) is 0 Å². The van der Waals surface area contributed by atoms with Crippen molar-refractivity contribution < 1.29 is 8.78 Å². The lowest BCUT2D eigenvalue weighted by Crippen LogP contribution is -2.43. The van der Waals surface area contributed by atoms with Gasteiger partial charge in [-0.3, -0.25) is 4.90 Å². The van der Waals surface area contributed by atoms with Crippen LogP contribution >= 0.6 is 0 Å². The fourth-order valence-electron chi connectivity index (χ4n) is 3.42. The predicted molar refractivity (Wildman–Crippen MR) is 62.8 cm³/mol. The maximum absolute atomic E-state index is 13.1. The van der Waals surface area contributed by atoms with Crippen LogP contribution in [-0.4, -0.2) is 23.5 Å². The summed E-state index contributed by atoms with van der Waals surface area (Å²) >= 11 is 0.